The molecule has 0 heterocycles. The van der Waals surface area contributed by atoms with Gasteiger partial charge in [-0.3, -0.25) is 0 Å². The lowest BCUT2D eigenvalue weighted by Gasteiger charge is -2.29. The highest BCUT2D eigenvalue weighted by Crippen LogP contribution is 2.25. The minimum absolute atomic E-state index is 0.530. The van der Waals surface area contributed by atoms with Crippen molar-refractivity contribution < 1.29 is 4.74 Å². The van der Waals surface area contributed by atoms with Crippen molar-refractivity contribution in [3.63, 3.8) is 0 Å². The largest absolute Gasteiger partial charge is 0.381 e. The van der Waals surface area contributed by atoms with Crippen molar-refractivity contribution in [3.05, 3.63) is 0 Å². The van der Waals surface area contributed by atoms with Crippen LogP contribution in [0.4, 0.5) is 0 Å². The van der Waals surface area contributed by atoms with Gasteiger partial charge in [-0.2, -0.15) is 0 Å². The molecule has 0 saturated heterocycles. The van der Waals surface area contributed by atoms with E-state index in [1.807, 2.05) is 7.11 Å². The minimum Gasteiger partial charge on any atom is -0.381 e. The van der Waals surface area contributed by atoms with Gasteiger partial charge in [-0.25, -0.2) is 0 Å². The molecule has 70 valence electrons. The predicted octanol–water partition coefficient (Wildman–Crippen LogP) is 1.70. The maximum atomic E-state index is 5.33. The van der Waals surface area contributed by atoms with E-state index in [0.29, 0.717) is 6.10 Å². The Kier molecular flexibility index (Phi) is 2.66. The van der Waals surface area contributed by atoms with Crippen LogP contribution in [0.1, 0.15) is 38.5 Å². The third-order valence-electron chi connectivity index (χ3n) is 3.29. The molecule has 0 aromatic heterocycles. The Hall–Kier alpha value is -0.0800. The van der Waals surface area contributed by atoms with Crippen LogP contribution in [0.3, 0.4) is 0 Å². The summed E-state index contributed by atoms with van der Waals surface area (Å²) < 4.78 is 5.33. The molecule has 0 bridgehead atoms. The Morgan fingerprint density at radius 1 is 1.08 bits per heavy atom. The van der Waals surface area contributed by atoms with E-state index in [0.717, 1.165) is 12.1 Å². The van der Waals surface area contributed by atoms with Gasteiger partial charge < -0.3 is 10.1 Å². The second kappa shape index (κ2) is 3.75. The number of rotatable bonds is 3. The first-order chi connectivity index (χ1) is 5.88. The molecule has 0 aliphatic heterocycles. The summed E-state index contributed by atoms with van der Waals surface area (Å²) in [5.41, 5.74) is 0. The summed E-state index contributed by atoms with van der Waals surface area (Å²) in [6.45, 7) is 0. The van der Waals surface area contributed by atoms with Crippen molar-refractivity contribution in [2.24, 2.45) is 0 Å². The predicted molar refractivity (Wildman–Crippen MR) is 49.2 cm³/mol. The molecule has 2 nitrogen and oxygen atoms in total. The molecular formula is C10H19NO. The molecule has 2 saturated carbocycles. The maximum absolute atomic E-state index is 5.33. The standard InChI is InChI=1S/C10H19NO/c1-12-10-6-5-9(7-10)11-8-3-2-4-8/h8-11H,2-7H2,1H3. The molecular weight excluding hydrogens is 150 g/mol. The summed E-state index contributed by atoms with van der Waals surface area (Å²) in [7, 11) is 1.83. The Morgan fingerprint density at radius 2 is 1.92 bits per heavy atom. The first-order valence-electron chi connectivity index (χ1n) is 5.17. The SMILES string of the molecule is COC1CCC(NC2CCC2)C1. The highest BCUT2D eigenvalue weighted by atomic mass is 16.5. The second-order valence-electron chi connectivity index (χ2n) is 4.16. The number of nitrogens with one attached hydrogen (secondary N) is 1. The Balaban J connectivity index is 1.68. The zero-order chi connectivity index (χ0) is 8.39. The van der Waals surface area contributed by atoms with Crippen LogP contribution in [0.15, 0.2) is 0 Å². The van der Waals surface area contributed by atoms with Gasteiger partial charge in [-0.15, -0.1) is 0 Å². The summed E-state index contributed by atoms with van der Waals surface area (Å²) in [4.78, 5) is 0. The lowest BCUT2D eigenvalue weighted by atomic mass is 9.92. The molecule has 0 aromatic rings. The summed E-state index contributed by atoms with van der Waals surface area (Å²) in [5, 5.41) is 3.70. The average molecular weight is 169 g/mol. The van der Waals surface area contributed by atoms with Gasteiger partial charge in [0.15, 0.2) is 0 Å². The van der Waals surface area contributed by atoms with E-state index in [1.54, 1.807) is 0 Å². The smallest absolute Gasteiger partial charge is 0.0586 e. The Morgan fingerprint density at radius 3 is 2.42 bits per heavy atom. The zero-order valence-corrected chi connectivity index (χ0v) is 7.88. The molecule has 2 unspecified atom stereocenters. The fourth-order valence-electron chi connectivity index (χ4n) is 2.21. The van der Waals surface area contributed by atoms with Crippen LogP contribution in [0, 0.1) is 0 Å². The average Bonchev–Trinajstić information content (AvgIpc) is 2.44. The van der Waals surface area contributed by atoms with E-state index in [4.69, 9.17) is 4.74 Å². The van der Waals surface area contributed by atoms with Crippen molar-refractivity contribution in [1.29, 1.82) is 0 Å². The normalized spacial score (nSPS) is 36.8. The Bertz CT molecular complexity index is 145. The summed E-state index contributed by atoms with van der Waals surface area (Å²) >= 11 is 0. The van der Waals surface area contributed by atoms with Crippen LogP contribution in [0.5, 0.6) is 0 Å². The van der Waals surface area contributed by atoms with Gasteiger partial charge in [-0.05, 0) is 32.1 Å². The second-order valence-corrected chi connectivity index (χ2v) is 4.16. The van der Waals surface area contributed by atoms with Crippen molar-refractivity contribution >= 4 is 0 Å². The van der Waals surface area contributed by atoms with Gasteiger partial charge >= 0.3 is 0 Å². The van der Waals surface area contributed by atoms with Gasteiger partial charge in [0.25, 0.3) is 0 Å². The fraction of sp³-hybridized carbons (Fsp3) is 1.00. The van der Waals surface area contributed by atoms with Crippen molar-refractivity contribution in [2.45, 2.75) is 56.7 Å². The molecule has 1 N–H and O–H groups in total. The number of hydrogen-bond acceptors (Lipinski definition) is 2. The van der Waals surface area contributed by atoms with Crippen LogP contribution >= 0.6 is 0 Å². The van der Waals surface area contributed by atoms with Crippen LogP contribution in [-0.4, -0.2) is 25.3 Å². The molecule has 2 rings (SSSR count). The first kappa shape index (κ1) is 8.52. The molecule has 0 amide bonds. The highest BCUT2D eigenvalue weighted by Gasteiger charge is 2.27. The van der Waals surface area contributed by atoms with Crippen molar-refractivity contribution in [2.75, 3.05) is 7.11 Å². The van der Waals surface area contributed by atoms with E-state index in [2.05, 4.69) is 5.32 Å². The molecule has 12 heavy (non-hydrogen) atoms. The first-order valence-corrected chi connectivity index (χ1v) is 5.17. The zero-order valence-electron chi connectivity index (χ0n) is 7.88. The van der Waals surface area contributed by atoms with E-state index < -0.39 is 0 Å². The van der Waals surface area contributed by atoms with Gasteiger partial charge in [0, 0.05) is 19.2 Å². The van der Waals surface area contributed by atoms with E-state index >= 15 is 0 Å². The molecule has 2 fully saturated rings. The van der Waals surface area contributed by atoms with Gasteiger partial charge in [0.1, 0.15) is 0 Å². The van der Waals surface area contributed by atoms with Crippen molar-refractivity contribution in [1.82, 2.24) is 5.32 Å². The molecule has 0 spiro atoms. The van der Waals surface area contributed by atoms with Crippen LogP contribution < -0.4 is 5.32 Å². The van der Waals surface area contributed by atoms with Crippen LogP contribution in [0.25, 0.3) is 0 Å². The number of methoxy groups -OCH3 is 1. The third kappa shape index (κ3) is 1.80. The van der Waals surface area contributed by atoms with Crippen LogP contribution in [0.2, 0.25) is 0 Å². The monoisotopic (exact) mass is 169 g/mol. The third-order valence-corrected chi connectivity index (χ3v) is 3.29. The topological polar surface area (TPSA) is 21.3 Å². The molecule has 0 radical (unpaired) electrons. The fourth-order valence-corrected chi connectivity index (χ4v) is 2.21. The van der Waals surface area contributed by atoms with Gasteiger partial charge in [0.05, 0.1) is 6.10 Å². The van der Waals surface area contributed by atoms with Gasteiger partial charge in [-0.1, -0.05) is 6.42 Å². The molecule has 2 aliphatic rings. The van der Waals surface area contributed by atoms with Crippen LogP contribution in [-0.2, 0) is 4.74 Å². The lowest BCUT2D eigenvalue weighted by Crippen LogP contribution is -2.41. The highest BCUT2D eigenvalue weighted by molar-refractivity contribution is 4.86. The summed E-state index contributed by atoms with van der Waals surface area (Å²) in [6.07, 6.45) is 8.55. The molecule has 0 aromatic carbocycles. The summed E-state index contributed by atoms with van der Waals surface area (Å²) in [5.74, 6) is 0. The molecule has 2 atom stereocenters. The number of hydrogen-bond donors (Lipinski definition) is 1. The van der Waals surface area contributed by atoms with Crippen molar-refractivity contribution in [3.8, 4) is 0 Å². The number of ether oxygens (including phenoxy) is 1. The maximum Gasteiger partial charge on any atom is 0.0586 e. The minimum atomic E-state index is 0.530. The quantitative estimate of drug-likeness (QED) is 0.694. The van der Waals surface area contributed by atoms with E-state index in [1.165, 1.54) is 38.5 Å². The van der Waals surface area contributed by atoms with Gasteiger partial charge in [0.2, 0.25) is 0 Å². The van der Waals surface area contributed by atoms with E-state index in [9.17, 15) is 0 Å². The molecule has 2 heteroatoms. The Labute approximate surface area is 74.7 Å². The molecule has 2 aliphatic carbocycles. The van der Waals surface area contributed by atoms with E-state index in [-0.39, 0.29) is 0 Å². The summed E-state index contributed by atoms with van der Waals surface area (Å²) in [6, 6.07) is 1.59. The lowest BCUT2D eigenvalue weighted by molar-refractivity contribution is 0.106.